The molecule has 21 heavy (non-hydrogen) atoms. The molecule has 1 amide bonds. The van der Waals surface area contributed by atoms with Crippen LogP contribution in [0.3, 0.4) is 0 Å². The van der Waals surface area contributed by atoms with Crippen molar-refractivity contribution in [1.82, 2.24) is 10.2 Å². The summed E-state index contributed by atoms with van der Waals surface area (Å²) in [6.45, 7) is 8.07. The van der Waals surface area contributed by atoms with Gasteiger partial charge in [-0.3, -0.25) is 4.79 Å². The molecule has 1 N–H and O–H groups in total. The normalized spacial score (nSPS) is 19.6. The lowest BCUT2D eigenvalue weighted by Gasteiger charge is -2.33. The summed E-state index contributed by atoms with van der Waals surface area (Å²) in [5.74, 6) is 0.576. The number of benzene rings is 1. The number of nitrogens with one attached hydrogen (secondary N) is 1. The van der Waals surface area contributed by atoms with Gasteiger partial charge >= 0.3 is 0 Å². The van der Waals surface area contributed by atoms with Crippen molar-refractivity contribution in [1.29, 1.82) is 0 Å². The van der Waals surface area contributed by atoms with Gasteiger partial charge in [0.05, 0.1) is 5.02 Å². The first-order chi connectivity index (χ1) is 9.47. The molecule has 1 aromatic rings. The van der Waals surface area contributed by atoms with Crippen LogP contribution < -0.4 is 10.1 Å². The molecule has 118 valence electrons. The number of aryl methyl sites for hydroxylation is 1. The molecule has 0 radical (unpaired) electrons. The summed E-state index contributed by atoms with van der Waals surface area (Å²) in [4.78, 5) is 14.2. The predicted molar refractivity (Wildman–Crippen MR) is 87.6 cm³/mol. The van der Waals surface area contributed by atoms with Gasteiger partial charge in [0.2, 0.25) is 0 Å². The van der Waals surface area contributed by atoms with Crippen LogP contribution in [0.4, 0.5) is 0 Å². The Morgan fingerprint density at radius 1 is 1.52 bits per heavy atom. The summed E-state index contributed by atoms with van der Waals surface area (Å²) in [6.07, 6.45) is -0.528. The number of rotatable bonds is 3. The number of nitrogens with zero attached hydrogens (tertiary/aromatic N) is 1. The largest absolute Gasteiger partial charge is 0.479 e. The zero-order valence-electron chi connectivity index (χ0n) is 12.6. The Labute approximate surface area is 137 Å². The maximum atomic E-state index is 12.4. The highest BCUT2D eigenvalue weighted by Crippen LogP contribution is 2.26. The molecule has 0 aliphatic carbocycles. The standard InChI is InChI=1S/C15H21ClN2O2.ClH/c1-10-4-5-13(16)14(8-10)20-12(3)15(19)18-7-6-17-11(2)9-18;/h4-5,8,11-12,17H,6-7,9H2,1-3H3;1H. The Morgan fingerprint density at radius 3 is 2.90 bits per heavy atom. The highest BCUT2D eigenvalue weighted by Gasteiger charge is 2.26. The van der Waals surface area contributed by atoms with Crippen LogP contribution in [-0.4, -0.2) is 42.6 Å². The van der Waals surface area contributed by atoms with E-state index in [1.807, 2.05) is 24.0 Å². The molecule has 1 saturated heterocycles. The summed E-state index contributed by atoms with van der Waals surface area (Å²) < 4.78 is 5.73. The van der Waals surface area contributed by atoms with E-state index in [1.54, 1.807) is 13.0 Å². The van der Waals surface area contributed by atoms with Gasteiger partial charge in [0.25, 0.3) is 5.91 Å². The number of piperazine rings is 1. The molecule has 1 aromatic carbocycles. The van der Waals surface area contributed by atoms with Gasteiger partial charge in [0.1, 0.15) is 5.75 Å². The van der Waals surface area contributed by atoms with Gasteiger partial charge < -0.3 is 15.0 Å². The first-order valence-corrected chi connectivity index (χ1v) is 7.30. The summed E-state index contributed by atoms with van der Waals surface area (Å²) in [5, 5.41) is 3.85. The molecule has 0 bridgehead atoms. The van der Waals surface area contributed by atoms with Crippen molar-refractivity contribution in [3.05, 3.63) is 28.8 Å². The third-order valence-electron chi connectivity index (χ3n) is 3.42. The lowest BCUT2D eigenvalue weighted by atomic mass is 10.2. The van der Waals surface area contributed by atoms with Crippen molar-refractivity contribution in [3.63, 3.8) is 0 Å². The van der Waals surface area contributed by atoms with E-state index in [0.29, 0.717) is 23.4 Å². The van der Waals surface area contributed by atoms with Gasteiger partial charge in [-0.15, -0.1) is 12.4 Å². The number of carbonyl (C=O) groups is 1. The second-order valence-corrected chi connectivity index (χ2v) is 5.74. The van der Waals surface area contributed by atoms with Crippen molar-refractivity contribution >= 4 is 29.9 Å². The lowest BCUT2D eigenvalue weighted by Crippen LogP contribution is -2.54. The maximum absolute atomic E-state index is 12.4. The van der Waals surface area contributed by atoms with Crippen LogP contribution in [0.15, 0.2) is 18.2 Å². The van der Waals surface area contributed by atoms with E-state index in [9.17, 15) is 4.79 Å². The lowest BCUT2D eigenvalue weighted by molar-refractivity contribution is -0.139. The molecule has 1 fully saturated rings. The summed E-state index contributed by atoms with van der Waals surface area (Å²) in [5.41, 5.74) is 1.06. The number of hydrogen-bond acceptors (Lipinski definition) is 3. The summed E-state index contributed by atoms with van der Waals surface area (Å²) in [6, 6.07) is 5.88. The van der Waals surface area contributed by atoms with Crippen LogP contribution in [0.25, 0.3) is 0 Å². The van der Waals surface area contributed by atoms with E-state index in [1.165, 1.54) is 0 Å². The van der Waals surface area contributed by atoms with Crippen LogP contribution in [0, 0.1) is 6.92 Å². The third kappa shape index (κ3) is 4.77. The molecule has 2 rings (SSSR count). The van der Waals surface area contributed by atoms with Crippen LogP contribution in [0.1, 0.15) is 19.4 Å². The van der Waals surface area contributed by atoms with Crippen molar-refractivity contribution in [3.8, 4) is 5.75 Å². The Morgan fingerprint density at radius 2 is 2.24 bits per heavy atom. The maximum Gasteiger partial charge on any atom is 0.263 e. The molecule has 2 unspecified atom stereocenters. The number of halogens is 2. The van der Waals surface area contributed by atoms with Crippen molar-refractivity contribution < 1.29 is 9.53 Å². The fourth-order valence-electron chi connectivity index (χ4n) is 2.33. The molecule has 2 atom stereocenters. The van der Waals surface area contributed by atoms with Gasteiger partial charge in [0.15, 0.2) is 6.10 Å². The Bertz CT molecular complexity index is 497. The fourth-order valence-corrected chi connectivity index (χ4v) is 2.49. The summed E-state index contributed by atoms with van der Waals surface area (Å²) in [7, 11) is 0. The average molecular weight is 333 g/mol. The van der Waals surface area contributed by atoms with Gasteiger partial charge in [-0.25, -0.2) is 0 Å². The Kier molecular flexibility index (Phi) is 6.78. The predicted octanol–water partition coefficient (Wildman–Crippen LogP) is 2.66. The molecule has 0 aromatic heterocycles. The SMILES string of the molecule is Cc1ccc(Cl)c(OC(C)C(=O)N2CCNC(C)C2)c1.Cl. The zero-order chi connectivity index (χ0) is 14.7. The first kappa shape index (κ1) is 18.1. The second kappa shape index (κ2) is 7.87. The minimum Gasteiger partial charge on any atom is -0.479 e. The minimum atomic E-state index is -0.528. The quantitative estimate of drug-likeness (QED) is 0.925. The van der Waals surface area contributed by atoms with Gasteiger partial charge in [-0.05, 0) is 38.5 Å². The summed E-state index contributed by atoms with van der Waals surface area (Å²) >= 11 is 6.09. The van der Waals surface area contributed by atoms with E-state index in [2.05, 4.69) is 12.2 Å². The molecule has 1 heterocycles. The number of ether oxygens (including phenoxy) is 1. The minimum absolute atomic E-state index is 0. The molecule has 4 nitrogen and oxygen atoms in total. The second-order valence-electron chi connectivity index (χ2n) is 5.33. The van der Waals surface area contributed by atoms with E-state index in [0.717, 1.165) is 18.7 Å². The van der Waals surface area contributed by atoms with E-state index in [4.69, 9.17) is 16.3 Å². The Hall–Kier alpha value is -0.970. The average Bonchev–Trinajstić information content (AvgIpc) is 2.42. The van der Waals surface area contributed by atoms with E-state index < -0.39 is 6.10 Å². The monoisotopic (exact) mass is 332 g/mol. The van der Waals surface area contributed by atoms with Crippen LogP contribution in [0.5, 0.6) is 5.75 Å². The highest BCUT2D eigenvalue weighted by molar-refractivity contribution is 6.32. The van der Waals surface area contributed by atoms with Gasteiger partial charge in [-0.1, -0.05) is 17.7 Å². The number of amides is 1. The molecular weight excluding hydrogens is 311 g/mol. The van der Waals surface area contributed by atoms with E-state index in [-0.39, 0.29) is 18.3 Å². The fraction of sp³-hybridized carbons (Fsp3) is 0.533. The zero-order valence-corrected chi connectivity index (χ0v) is 14.1. The molecule has 1 aliphatic rings. The smallest absolute Gasteiger partial charge is 0.263 e. The van der Waals surface area contributed by atoms with Gasteiger partial charge in [0, 0.05) is 25.7 Å². The molecular formula is C15H22Cl2N2O2. The van der Waals surface area contributed by atoms with Crippen LogP contribution in [0.2, 0.25) is 5.02 Å². The Balaban J connectivity index is 0.00000220. The van der Waals surface area contributed by atoms with E-state index >= 15 is 0 Å². The van der Waals surface area contributed by atoms with Gasteiger partial charge in [-0.2, -0.15) is 0 Å². The number of hydrogen-bond donors (Lipinski definition) is 1. The third-order valence-corrected chi connectivity index (χ3v) is 3.73. The molecule has 0 spiro atoms. The van der Waals surface area contributed by atoms with Crippen molar-refractivity contribution in [2.24, 2.45) is 0 Å². The first-order valence-electron chi connectivity index (χ1n) is 6.92. The highest BCUT2D eigenvalue weighted by atomic mass is 35.5. The van der Waals surface area contributed by atoms with Crippen molar-refractivity contribution in [2.75, 3.05) is 19.6 Å². The van der Waals surface area contributed by atoms with Crippen molar-refractivity contribution in [2.45, 2.75) is 32.9 Å². The van der Waals surface area contributed by atoms with Crippen LogP contribution in [-0.2, 0) is 4.79 Å². The number of carbonyl (C=O) groups excluding carboxylic acids is 1. The topological polar surface area (TPSA) is 41.6 Å². The molecule has 6 heteroatoms. The molecule has 0 saturated carbocycles. The van der Waals surface area contributed by atoms with Crippen LogP contribution >= 0.6 is 24.0 Å². The molecule has 1 aliphatic heterocycles.